The number of likely N-dealkylation sites (N-methyl/N-ethyl adjacent to an activating group) is 1. The highest BCUT2D eigenvalue weighted by atomic mass is 19.4. The summed E-state index contributed by atoms with van der Waals surface area (Å²) < 4.78 is 47.4. The van der Waals surface area contributed by atoms with Gasteiger partial charge in [0, 0.05) is 17.7 Å². The number of nitrogens with zero attached hydrogens (tertiary/aromatic N) is 3. The lowest BCUT2D eigenvalue weighted by Crippen LogP contribution is -2.43. The first-order valence-corrected chi connectivity index (χ1v) is 11.9. The molecule has 1 unspecified atom stereocenters. The minimum absolute atomic E-state index is 0.0614. The first-order chi connectivity index (χ1) is 18.1. The quantitative estimate of drug-likeness (QED) is 0.291. The SMILES string of the molecule is CCN(Cc1cccc(-c2noc(-c3ccc(-c4ccccc4C)c(C(F)(F)F)c3)n2)c1)C(CO)C(=O)O. The van der Waals surface area contributed by atoms with Crippen molar-refractivity contribution in [3.8, 4) is 34.0 Å². The number of carboxylic acids is 1. The fraction of sp³-hybridized carbons (Fsp3) is 0.250. The summed E-state index contributed by atoms with van der Waals surface area (Å²) in [6, 6.07) is 16.8. The number of aliphatic carboxylic acids is 1. The van der Waals surface area contributed by atoms with Crippen LogP contribution in [0.25, 0.3) is 34.0 Å². The minimum Gasteiger partial charge on any atom is -0.480 e. The van der Waals surface area contributed by atoms with Gasteiger partial charge in [0.05, 0.1) is 12.2 Å². The lowest BCUT2D eigenvalue weighted by Gasteiger charge is -2.26. The Bertz CT molecular complexity index is 1430. The van der Waals surface area contributed by atoms with Crippen molar-refractivity contribution >= 4 is 5.97 Å². The Morgan fingerprint density at radius 2 is 1.79 bits per heavy atom. The topological polar surface area (TPSA) is 99.7 Å². The molecule has 4 rings (SSSR count). The van der Waals surface area contributed by atoms with Crippen LogP contribution in [0.1, 0.15) is 23.6 Å². The number of hydrogen-bond donors (Lipinski definition) is 2. The molecular weight excluding hydrogens is 499 g/mol. The van der Waals surface area contributed by atoms with Gasteiger partial charge in [0.25, 0.3) is 5.89 Å². The molecule has 1 aromatic heterocycles. The number of benzene rings is 3. The zero-order valence-corrected chi connectivity index (χ0v) is 20.7. The van der Waals surface area contributed by atoms with Gasteiger partial charge < -0.3 is 14.7 Å². The molecule has 198 valence electrons. The van der Waals surface area contributed by atoms with E-state index in [9.17, 15) is 28.2 Å². The van der Waals surface area contributed by atoms with Crippen molar-refractivity contribution in [2.45, 2.75) is 32.6 Å². The lowest BCUT2D eigenvalue weighted by atomic mass is 9.94. The molecule has 1 atom stereocenters. The minimum atomic E-state index is -4.60. The van der Waals surface area contributed by atoms with Gasteiger partial charge in [0.1, 0.15) is 6.04 Å². The monoisotopic (exact) mass is 525 g/mol. The fourth-order valence-electron chi connectivity index (χ4n) is 4.32. The molecule has 0 fully saturated rings. The van der Waals surface area contributed by atoms with Crippen molar-refractivity contribution in [2.24, 2.45) is 0 Å². The van der Waals surface area contributed by atoms with E-state index < -0.39 is 30.4 Å². The van der Waals surface area contributed by atoms with Gasteiger partial charge in [-0.05, 0) is 53.9 Å². The predicted molar refractivity (Wildman–Crippen MR) is 135 cm³/mol. The number of aliphatic hydroxyl groups excluding tert-OH is 1. The summed E-state index contributed by atoms with van der Waals surface area (Å²) in [5.41, 5.74) is 1.91. The first-order valence-electron chi connectivity index (χ1n) is 11.9. The number of hydrogen-bond acceptors (Lipinski definition) is 6. The smallest absolute Gasteiger partial charge is 0.417 e. The maximum atomic E-state index is 14.0. The van der Waals surface area contributed by atoms with Crippen LogP contribution in [0.4, 0.5) is 13.2 Å². The summed E-state index contributed by atoms with van der Waals surface area (Å²) in [6.07, 6.45) is -4.60. The van der Waals surface area contributed by atoms with E-state index in [1.807, 2.05) is 0 Å². The van der Waals surface area contributed by atoms with Crippen LogP contribution >= 0.6 is 0 Å². The van der Waals surface area contributed by atoms with Gasteiger partial charge >= 0.3 is 12.1 Å². The molecule has 2 N–H and O–H groups in total. The van der Waals surface area contributed by atoms with Crippen LogP contribution < -0.4 is 0 Å². The molecule has 0 saturated heterocycles. The number of rotatable bonds is 9. The maximum Gasteiger partial charge on any atom is 0.417 e. The van der Waals surface area contributed by atoms with E-state index in [0.29, 0.717) is 17.7 Å². The third-order valence-corrected chi connectivity index (χ3v) is 6.31. The molecule has 38 heavy (non-hydrogen) atoms. The standard InChI is InChI=1S/C28H26F3N3O4/c1-3-34(24(16-35)27(36)37)15-18-8-6-9-19(13-18)25-32-26(38-33-25)20-11-12-22(23(14-20)28(29,30)31)21-10-5-4-7-17(21)2/h4-14,24,35H,3,15-16H2,1-2H3,(H,36,37). The Morgan fingerprint density at radius 3 is 2.45 bits per heavy atom. The van der Waals surface area contributed by atoms with Gasteiger partial charge in [-0.3, -0.25) is 9.69 Å². The summed E-state index contributed by atoms with van der Waals surface area (Å²) in [4.78, 5) is 17.4. The molecule has 0 bridgehead atoms. The fourth-order valence-corrected chi connectivity index (χ4v) is 4.32. The molecule has 1 heterocycles. The Kier molecular flexibility index (Phi) is 7.94. The number of carbonyl (C=O) groups is 1. The molecule has 0 spiro atoms. The Morgan fingerprint density at radius 1 is 1.03 bits per heavy atom. The van der Waals surface area contributed by atoms with Crippen LogP contribution in [0.15, 0.2) is 71.3 Å². The van der Waals surface area contributed by atoms with Gasteiger partial charge in [0.2, 0.25) is 5.82 Å². The van der Waals surface area contributed by atoms with Crippen LogP contribution in [0.2, 0.25) is 0 Å². The highest BCUT2D eigenvalue weighted by Gasteiger charge is 2.35. The zero-order chi connectivity index (χ0) is 27.4. The Hall–Kier alpha value is -4.02. The average Bonchev–Trinajstić information content (AvgIpc) is 3.38. The molecule has 0 aliphatic rings. The number of carboxylic acid groups (broad SMARTS) is 1. The largest absolute Gasteiger partial charge is 0.480 e. The third kappa shape index (κ3) is 5.76. The summed E-state index contributed by atoms with van der Waals surface area (Å²) in [6.45, 7) is 3.67. The van der Waals surface area contributed by atoms with Crippen molar-refractivity contribution in [1.82, 2.24) is 15.0 Å². The van der Waals surface area contributed by atoms with E-state index in [0.717, 1.165) is 17.2 Å². The van der Waals surface area contributed by atoms with E-state index in [-0.39, 0.29) is 29.4 Å². The number of aryl methyl sites for hydroxylation is 1. The summed E-state index contributed by atoms with van der Waals surface area (Å²) in [5.74, 6) is -1.01. The second kappa shape index (κ2) is 11.2. The molecule has 0 aliphatic heterocycles. The van der Waals surface area contributed by atoms with Crippen molar-refractivity contribution in [3.63, 3.8) is 0 Å². The zero-order valence-electron chi connectivity index (χ0n) is 20.7. The maximum absolute atomic E-state index is 14.0. The Labute approximate surface area is 217 Å². The van der Waals surface area contributed by atoms with E-state index in [2.05, 4.69) is 10.1 Å². The molecular formula is C28H26F3N3O4. The van der Waals surface area contributed by atoms with E-state index in [1.165, 1.54) is 12.1 Å². The van der Waals surface area contributed by atoms with Crippen LogP contribution in [0.3, 0.4) is 0 Å². The molecule has 3 aromatic carbocycles. The van der Waals surface area contributed by atoms with Crippen molar-refractivity contribution < 1.29 is 32.7 Å². The number of aromatic nitrogens is 2. The average molecular weight is 526 g/mol. The molecule has 0 radical (unpaired) electrons. The number of aliphatic hydroxyl groups is 1. The normalized spacial score (nSPS) is 12.6. The van der Waals surface area contributed by atoms with E-state index in [4.69, 9.17) is 4.52 Å². The van der Waals surface area contributed by atoms with Gasteiger partial charge in [-0.25, -0.2) is 0 Å². The second-order valence-corrected chi connectivity index (χ2v) is 8.80. The predicted octanol–water partition coefficient (Wildman–Crippen LogP) is 5.67. The molecule has 0 aliphatic carbocycles. The third-order valence-electron chi connectivity index (χ3n) is 6.31. The van der Waals surface area contributed by atoms with Crippen molar-refractivity contribution in [1.29, 1.82) is 0 Å². The molecule has 0 amide bonds. The highest BCUT2D eigenvalue weighted by molar-refractivity contribution is 5.75. The van der Waals surface area contributed by atoms with Gasteiger partial charge in [-0.15, -0.1) is 0 Å². The summed E-state index contributed by atoms with van der Waals surface area (Å²) in [5, 5.41) is 22.8. The van der Waals surface area contributed by atoms with Gasteiger partial charge in [-0.1, -0.05) is 60.6 Å². The van der Waals surface area contributed by atoms with Gasteiger partial charge in [-0.2, -0.15) is 18.2 Å². The number of alkyl halides is 3. The molecule has 10 heteroatoms. The van der Waals surface area contributed by atoms with Crippen molar-refractivity contribution in [3.05, 3.63) is 83.4 Å². The first kappa shape index (κ1) is 27.0. The molecule has 4 aromatic rings. The van der Waals surface area contributed by atoms with Crippen LogP contribution in [0.5, 0.6) is 0 Å². The van der Waals surface area contributed by atoms with Crippen molar-refractivity contribution in [2.75, 3.05) is 13.2 Å². The van der Waals surface area contributed by atoms with E-state index >= 15 is 0 Å². The lowest BCUT2D eigenvalue weighted by molar-refractivity contribution is -0.145. The number of halogens is 3. The summed E-state index contributed by atoms with van der Waals surface area (Å²) in [7, 11) is 0. The van der Waals surface area contributed by atoms with E-state index in [1.54, 1.807) is 67.3 Å². The highest BCUT2D eigenvalue weighted by Crippen LogP contribution is 2.40. The molecule has 7 nitrogen and oxygen atoms in total. The second-order valence-electron chi connectivity index (χ2n) is 8.80. The van der Waals surface area contributed by atoms with Crippen LogP contribution in [-0.4, -0.2) is 50.4 Å². The summed E-state index contributed by atoms with van der Waals surface area (Å²) >= 11 is 0. The van der Waals surface area contributed by atoms with Crippen LogP contribution in [-0.2, 0) is 17.5 Å². The van der Waals surface area contributed by atoms with Gasteiger partial charge in [0.15, 0.2) is 0 Å². The Balaban J connectivity index is 1.65. The van der Waals surface area contributed by atoms with Crippen LogP contribution in [0, 0.1) is 6.92 Å². The molecule has 0 saturated carbocycles.